The highest BCUT2D eigenvalue weighted by molar-refractivity contribution is 7.92. The maximum atomic E-state index is 14.2. The molecule has 0 bridgehead atoms. The quantitative estimate of drug-likeness (QED) is 0.301. The van der Waals surface area contributed by atoms with Crippen LogP contribution in [0.4, 0.5) is 5.69 Å². The predicted octanol–water partition coefficient (Wildman–Crippen LogP) is 6.04. The molecule has 1 N–H and O–H groups in total. The number of carbonyl (C=O) groups is 2. The molecular formula is C33H43N3O4S. The molecule has 0 aromatic heterocycles. The molecule has 0 saturated heterocycles. The van der Waals surface area contributed by atoms with Crippen LogP contribution in [0, 0.1) is 6.92 Å². The van der Waals surface area contributed by atoms with Gasteiger partial charge in [0.25, 0.3) is 10.0 Å². The molecule has 0 spiro atoms. The van der Waals surface area contributed by atoms with Crippen LogP contribution in [0.3, 0.4) is 0 Å². The number of anilines is 1. The molecule has 0 aliphatic heterocycles. The summed E-state index contributed by atoms with van der Waals surface area (Å²) in [5, 5.41) is 2.99. The van der Waals surface area contributed by atoms with Gasteiger partial charge in [-0.2, -0.15) is 0 Å². The van der Waals surface area contributed by atoms with E-state index in [-0.39, 0.29) is 23.3 Å². The summed E-state index contributed by atoms with van der Waals surface area (Å²) in [6.07, 6.45) is 0.369. The molecule has 1 atom stereocenters. The average Bonchev–Trinajstić information content (AvgIpc) is 2.92. The number of hydrogen-bond donors (Lipinski definition) is 1. The Morgan fingerprint density at radius 3 is 1.98 bits per heavy atom. The van der Waals surface area contributed by atoms with Crippen molar-refractivity contribution < 1.29 is 18.0 Å². The van der Waals surface area contributed by atoms with Gasteiger partial charge in [-0.05, 0) is 75.4 Å². The van der Waals surface area contributed by atoms with Gasteiger partial charge in [-0.15, -0.1) is 0 Å². The molecule has 0 radical (unpaired) electrons. The third-order valence-electron chi connectivity index (χ3n) is 6.82. The summed E-state index contributed by atoms with van der Waals surface area (Å²) in [7, 11) is -4.09. The van der Waals surface area contributed by atoms with Crippen LogP contribution in [0.2, 0.25) is 0 Å². The second kappa shape index (κ2) is 13.3. The first-order chi connectivity index (χ1) is 19.2. The fourth-order valence-corrected chi connectivity index (χ4v) is 5.97. The number of sulfonamides is 1. The first-order valence-electron chi connectivity index (χ1n) is 14.1. The van der Waals surface area contributed by atoms with E-state index in [2.05, 4.69) is 19.2 Å². The van der Waals surface area contributed by atoms with E-state index in [4.69, 9.17) is 0 Å². The maximum absolute atomic E-state index is 14.2. The molecule has 8 heteroatoms. The summed E-state index contributed by atoms with van der Waals surface area (Å²) in [4.78, 5) is 29.2. The summed E-state index contributed by atoms with van der Waals surface area (Å²) in [5.41, 5.74) is 2.88. The second-order valence-electron chi connectivity index (χ2n) is 11.7. The Hall–Kier alpha value is -3.65. The molecule has 3 rings (SSSR count). The molecule has 0 aliphatic carbocycles. The lowest BCUT2D eigenvalue weighted by atomic mass is 10.0. The standard InChI is InChI=1S/C33H43N3O4S/c1-8-30(32(38)34-33(5,6)7)35(22-26-16-14-25(4)15-17-26)31(37)23-36(28-20-18-27(19-21-28)24(2)3)41(39,40)29-12-10-9-11-13-29/h9-21,24,30H,8,22-23H2,1-7H3,(H,34,38)/t30-/m0/s1. The zero-order valence-electron chi connectivity index (χ0n) is 25.2. The molecule has 0 aliphatic rings. The monoisotopic (exact) mass is 577 g/mol. The molecule has 3 aromatic carbocycles. The fraction of sp³-hybridized carbons (Fsp3) is 0.394. The van der Waals surface area contributed by atoms with Gasteiger partial charge in [0.15, 0.2) is 0 Å². The van der Waals surface area contributed by atoms with Gasteiger partial charge in [0.05, 0.1) is 10.6 Å². The van der Waals surface area contributed by atoms with E-state index in [0.717, 1.165) is 21.0 Å². The average molecular weight is 578 g/mol. The second-order valence-corrected chi connectivity index (χ2v) is 13.6. The molecular weight excluding hydrogens is 534 g/mol. The third kappa shape index (κ3) is 8.43. The summed E-state index contributed by atoms with van der Waals surface area (Å²) < 4.78 is 29.0. The topological polar surface area (TPSA) is 86.8 Å². The van der Waals surface area contributed by atoms with Crippen LogP contribution < -0.4 is 9.62 Å². The van der Waals surface area contributed by atoms with Crippen molar-refractivity contribution in [3.63, 3.8) is 0 Å². The van der Waals surface area contributed by atoms with Crippen molar-refractivity contribution in [3.05, 3.63) is 95.6 Å². The largest absolute Gasteiger partial charge is 0.350 e. The van der Waals surface area contributed by atoms with Crippen LogP contribution in [0.1, 0.15) is 70.6 Å². The number of amides is 2. The SMILES string of the molecule is CC[C@@H](C(=O)NC(C)(C)C)N(Cc1ccc(C)cc1)C(=O)CN(c1ccc(C(C)C)cc1)S(=O)(=O)c1ccccc1. The smallest absolute Gasteiger partial charge is 0.264 e. The van der Waals surface area contributed by atoms with Gasteiger partial charge in [0.2, 0.25) is 11.8 Å². The Kier molecular flexibility index (Phi) is 10.4. The lowest BCUT2D eigenvalue weighted by Crippen LogP contribution is -2.55. The van der Waals surface area contributed by atoms with E-state index in [1.54, 1.807) is 30.3 Å². The minimum atomic E-state index is -4.09. The highest BCUT2D eigenvalue weighted by atomic mass is 32.2. The number of aryl methyl sites for hydroxylation is 1. The third-order valence-corrected chi connectivity index (χ3v) is 8.60. The van der Waals surface area contributed by atoms with E-state index in [1.165, 1.54) is 17.0 Å². The Bertz CT molecular complexity index is 1410. The van der Waals surface area contributed by atoms with E-state index in [0.29, 0.717) is 12.1 Å². The molecule has 0 unspecified atom stereocenters. The van der Waals surface area contributed by atoms with Crippen molar-refractivity contribution in [1.29, 1.82) is 0 Å². The van der Waals surface area contributed by atoms with Gasteiger partial charge in [0, 0.05) is 12.1 Å². The van der Waals surface area contributed by atoms with Gasteiger partial charge in [0.1, 0.15) is 12.6 Å². The summed E-state index contributed by atoms with van der Waals surface area (Å²) >= 11 is 0. The Morgan fingerprint density at radius 2 is 1.46 bits per heavy atom. The van der Waals surface area contributed by atoms with Crippen LogP contribution in [0.5, 0.6) is 0 Å². The molecule has 0 heterocycles. The van der Waals surface area contributed by atoms with Crippen molar-refractivity contribution in [2.45, 2.75) is 83.8 Å². The number of nitrogens with zero attached hydrogens (tertiary/aromatic N) is 2. The Balaban J connectivity index is 2.07. The minimum Gasteiger partial charge on any atom is -0.350 e. The number of carbonyl (C=O) groups excluding carboxylic acids is 2. The number of nitrogens with one attached hydrogen (secondary N) is 1. The number of rotatable bonds is 11. The lowest BCUT2D eigenvalue weighted by Gasteiger charge is -2.34. The Morgan fingerprint density at radius 1 is 0.878 bits per heavy atom. The van der Waals surface area contributed by atoms with Crippen molar-refractivity contribution in [1.82, 2.24) is 10.2 Å². The van der Waals surface area contributed by atoms with Crippen LogP contribution in [0.15, 0.2) is 83.8 Å². The van der Waals surface area contributed by atoms with Gasteiger partial charge in [-0.1, -0.05) is 80.9 Å². The highest BCUT2D eigenvalue weighted by Crippen LogP contribution is 2.27. The molecule has 0 saturated carbocycles. The van der Waals surface area contributed by atoms with Crippen molar-refractivity contribution in [2.24, 2.45) is 0 Å². The maximum Gasteiger partial charge on any atom is 0.264 e. The first kappa shape index (κ1) is 31.9. The predicted molar refractivity (Wildman–Crippen MR) is 165 cm³/mol. The lowest BCUT2D eigenvalue weighted by molar-refractivity contribution is -0.141. The molecule has 2 amide bonds. The fourth-order valence-electron chi connectivity index (χ4n) is 4.54. The summed E-state index contributed by atoms with van der Waals surface area (Å²) in [6.45, 7) is 13.3. The van der Waals surface area contributed by atoms with Gasteiger partial charge < -0.3 is 10.2 Å². The van der Waals surface area contributed by atoms with Crippen molar-refractivity contribution in [3.8, 4) is 0 Å². The Labute approximate surface area is 245 Å². The van der Waals surface area contributed by atoms with E-state index in [9.17, 15) is 18.0 Å². The van der Waals surface area contributed by atoms with Crippen molar-refractivity contribution >= 4 is 27.5 Å². The highest BCUT2D eigenvalue weighted by Gasteiger charge is 2.34. The van der Waals surface area contributed by atoms with Crippen LogP contribution in [-0.4, -0.2) is 43.3 Å². The summed E-state index contributed by atoms with van der Waals surface area (Å²) in [5.74, 6) is -0.477. The van der Waals surface area contributed by atoms with E-state index >= 15 is 0 Å². The minimum absolute atomic E-state index is 0.0864. The van der Waals surface area contributed by atoms with Gasteiger partial charge in [-0.25, -0.2) is 8.42 Å². The normalized spacial score (nSPS) is 12.6. The van der Waals surface area contributed by atoms with E-state index in [1.807, 2.05) is 71.0 Å². The number of benzene rings is 3. The zero-order chi connectivity index (χ0) is 30.4. The summed E-state index contributed by atoms with van der Waals surface area (Å²) in [6, 6.07) is 22.3. The van der Waals surface area contributed by atoms with Crippen molar-refractivity contribution in [2.75, 3.05) is 10.8 Å². The zero-order valence-corrected chi connectivity index (χ0v) is 26.0. The molecule has 41 heavy (non-hydrogen) atoms. The molecule has 220 valence electrons. The molecule has 0 fully saturated rings. The van der Waals surface area contributed by atoms with E-state index < -0.39 is 34.1 Å². The van der Waals surface area contributed by atoms with Crippen LogP contribution in [-0.2, 0) is 26.2 Å². The number of hydrogen-bond acceptors (Lipinski definition) is 4. The van der Waals surface area contributed by atoms with Gasteiger partial charge >= 0.3 is 0 Å². The first-order valence-corrected chi connectivity index (χ1v) is 15.5. The molecule has 7 nitrogen and oxygen atoms in total. The molecule has 3 aromatic rings. The van der Waals surface area contributed by atoms with Gasteiger partial charge in [-0.3, -0.25) is 13.9 Å². The van der Waals surface area contributed by atoms with Crippen LogP contribution >= 0.6 is 0 Å². The van der Waals surface area contributed by atoms with Crippen LogP contribution in [0.25, 0.3) is 0 Å².